The van der Waals surface area contributed by atoms with Gasteiger partial charge in [-0.05, 0) is 30.8 Å². The molecule has 0 aromatic heterocycles. The fourth-order valence-electron chi connectivity index (χ4n) is 1.86. The van der Waals surface area contributed by atoms with Crippen LogP contribution < -0.4 is 0 Å². The van der Waals surface area contributed by atoms with Crippen LogP contribution in [-0.2, 0) is 4.79 Å². The highest BCUT2D eigenvalue weighted by Gasteiger charge is 2.27. The Balaban J connectivity index is 2.99. The quantitative estimate of drug-likeness (QED) is 0.594. The number of allylic oxidation sites excluding steroid dienone is 3. The van der Waals surface area contributed by atoms with Crippen LogP contribution >= 0.6 is 0 Å². The smallest absolute Gasteiger partial charge is 0.127 e. The molecule has 0 fully saturated rings. The second kappa shape index (κ2) is 3.49. The first-order chi connectivity index (χ1) is 5.96. The Hall–Kier alpha value is -0.850. The van der Waals surface area contributed by atoms with Gasteiger partial charge >= 0.3 is 0 Å². The topological polar surface area (TPSA) is 17.1 Å². The van der Waals surface area contributed by atoms with Crippen molar-refractivity contribution in [2.75, 3.05) is 0 Å². The summed E-state index contributed by atoms with van der Waals surface area (Å²) >= 11 is 0. The van der Waals surface area contributed by atoms with Crippen LogP contribution in [0, 0.1) is 11.3 Å². The highest BCUT2D eigenvalue weighted by Crippen LogP contribution is 2.37. The molecule has 0 amide bonds. The first-order valence-electron chi connectivity index (χ1n) is 4.80. The summed E-state index contributed by atoms with van der Waals surface area (Å²) in [6, 6.07) is 0. The fourth-order valence-corrected chi connectivity index (χ4v) is 1.86. The molecule has 13 heavy (non-hydrogen) atoms. The molecule has 0 heterocycles. The van der Waals surface area contributed by atoms with Gasteiger partial charge in [0.2, 0.25) is 0 Å². The van der Waals surface area contributed by atoms with Crippen molar-refractivity contribution in [1.29, 1.82) is 0 Å². The van der Waals surface area contributed by atoms with Gasteiger partial charge in [0.1, 0.15) is 6.29 Å². The van der Waals surface area contributed by atoms with Crippen LogP contribution in [-0.4, -0.2) is 6.29 Å². The van der Waals surface area contributed by atoms with Gasteiger partial charge < -0.3 is 4.79 Å². The standard InChI is InChI=1S/C12H18O/c1-9(2)11-7-12(3,4)6-5-10(11)8-13/h7-8,10H,1,5-6H2,2-4H3. The summed E-state index contributed by atoms with van der Waals surface area (Å²) in [6.07, 6.45) is 5.32. The molecule has 0 N–H and O–H groups in total. The summed E-state index contributed by atoms with van der Waals surface area (Å²) in [4.78, 5) is 10.8. The minimum Gasteiger partial charge on any atom is -0.303 e. The van der Waals surface area contributed by atoms with Crippen molar-refractivity contribution in [3.63, 3.8) is 0 Å². The van der Waals surface area contributed by atoms with Gasteiger partial charge in [-0.3, -0.25) is 0 Å². The van der Waals surface area contributed by atoms with E-state index in [0.717, 1.165) is 30.3 Å². The third-order valence-corrected chi connectivity index (χ3v) is 2.70. The third kappa shape index (κ3) is 2.30. The first-order valence-corrected chi connectivity index (χ1v) is 4.80. The van der Waals surface area contributed by atoms with Crippen LogP contribution in [0.25, 0.3) is 0 Å². The van der Waals surface area contributed by atoms with Crippen molar-refractivity contribution in [1.82, 2.24) is 0 Å². The van der Waals surface area contributed by atoms with Crippen LogP contribution in [0.3, 0.4) is 0 Å². The summed E-state index contributed by atoms with van der Waals surface area (Å²) in [5, 5.41) is 0. The van der Waals surface area contributed by atoms with E-state index in [2.05, 4.69) is 26.5 Å². The van der Waals surface area contributed by atoms with Crippen molar-refractivity contribution in [2.45, 2.75) is 33.6 Å². The average Bonchev–Trinajstić information content (AvgIpc) is 2.03. The van der Waals surface area contributed by atoms with E-state index in [9.17, 15) is 4.79 Å². The Labute approximate surface area is 80.5 Å². The van der Waals surface area contributed by atoms with E-state index in [0.29, 0.717) is 0 Å². The lowest BCUT2D eigenvalue weighted by Gasteiger charge is -2.31. The Bertz CT molecular complexity index is 258. The highest BCUT2D eigenvalue weighted by atomic mass is 16.1. The minimum absolute atomic E-state index is 0.0884. The van der Waals surface area contributed by atoms with E-state index in [-0.39, 0.29) is 11.3 Å². The third-order valence-electron chi connectivity index (χ3n) is 2.70. The van der Waals surface area contributed by atoms with Crippen molar-refractivity contribution >= 4 is 6.29 Å². The van der Waals surface area contributed by atoms with E-state index in [1.165, 1.54) is 0 Å². The molecule has 1 atom stereocenters. The van der Waals surface area contributed by atoms with Crippen LogP contribution in [0.15, 0.2) is 23.8 Å². The van der Waals surface area contributed by atoms with Gasteiger partial charge in [-0.25, -0.2) is 0 Å². The zero-order valence-corrected chi connectivity index (χ0v) is 8.76. The largest absolute Gasteiger partial charge is 0.303 e. The zero-order valence-electron chi connectivity index (χ0n) is 8.76. The maximum atomic E-state index is 10.8. The second-order valence-corrected chi connectivity index (χ2v) is 4.65. The number of carbonyl (C=O) groups is 1. The maximum absolute atomic E-state index is 10.8. The van der Waals surface area contributed by atoms with Gasteiger partial charge in [-0.1, -0.05) is 32.1 Å². The molecule has 1 rings (SSSR count). The van der Waals surface area contributed by atoms with Gasteiger partial charge in [-0.2, -0.15) is 0 Å². The number of carbonyl (C=O) groups excluding carboxylic acids is 1. The van der Waals surface area contributed by atoms with Gasteiger partial charge in [0.05, 0.1) is 0 Å². The van der Waals surface area contributed by atoms with Gasteiger partial charge in [0.25, 0.3) is 0 Å². The Kier molecular flexibility index (Phi) is 2.74. The second-order valence-electron chi connectivity index (χ2n) is 4.65. The highest BCUT2D eigenvalue weighted by molar-refractivity contribution is 5.62. The van der Waals surface area contributed by atoms with Crippen molar-refractivity contribution in [3.05, 3.63) is 23.8 Å². The molecule has 0 aliphatic heterocycles. The summed E-state index contributed by atoms with van der Waals surface area (Å²) in [5.41, 5.74) is 2.41. The summed E-state index contributed by atoms with van der Waals surface area (Å²) in [5.74, 6) is 0.0884. The molecule has 0 radical (unpaired) electrons. The van der Waals surface area contributed by atoms with E-state index < -0.39 is 0 Å². The monoisotopic (exact) mass is 178 g/mol. The predicted molar refractivity (Wildman–Crippen MR) is 55.5 cm³/mol. The molecule has 1 aliphatic rings. The van der Waals surface area contributed by atoms with E-state index in [1.807, 2.05) is 6.92 Å². The SMILES string of the molecule is C=C(C)C1=CC(C)(C)CCC1C=O. The molecule has 0 spiro atoms. The molecule has 1 aliphatic carbocycles. The minimum atomic E-state index is 0.0884. The lowest BCUT2D eigenvalue weighted by molar-refractivity contribution is -0.110. The van der Waals surface area contributed by atoms with Gasteiger partial charge in [-0.15, -0.1) is 0 Å². The molecular formula is C12H18O. The molecular weight excluding hydrogens is 160 g/mol. The zero-order chi connectivity index (χ0) is 10.1. The Morgan fingerprint density at radius 1 is 1.69 bits per heavy atom. The van der Waals surface area contributed by atoms with E-state index >= 15 is 0 Å². The van der Waals surface area contributed by atoms with E-state index in [4.69, 9.17) is 0 Å². The average molecular weight is 178 g/mol. The number of hydrogen-bond acceptors (Lipinski definition) is 1. The summed E-state index contributed by atoms with van der Waals surface area (Å²) in [6.45, 7) is 10.3. The van der Waals surface area contributed by atoms with Crippen molar-refractivity contribution < 1.29 is 4.79 Å². The molecule has 1 heteroatoms. The molecule has 0 bridgehead atoms. The Morgan fingerprint density at radius 3 is 2.77 bits per heavy atom. The summed E-state index contributed by atoms with van der Waals surface area (Å²) < 4.78 is 0. The molecule has 1 nitrogen and oxygen atoms in total. The molecule has 0 aromatic carbocycles. The summed E-state index contributed by atoms with van der Waals surface area (Å²) in [7, 11) is 0. The number of hydrogen-bond donors (Lipinski definition) is 0. The molecule has 0 saturated heterocycles. The van der Waals surface area contributed by atoms with Gasteiger partial charge in [0.15, 0.2) is 0 Å². The van der Waals surface area contributed by atoms with E-state index in [1.54, 1.807) is 0 Å². The molecule has 1 unspecified atom stereocenters. The number of aldehydes is 1. The molecule has 0 aromatic rings. The normalized spacial score (nSPS) is 26.4. The van der Waals surface area contributed by atoms with Crippen LogP contribution in [0.5, 0.6) is 0 Å². The molecule has 0 saturated carbocycles. The number of rotatable bonds is 2. The fraction of sp³-hybridized carbons (Fsp3) is 0.583. The molecule has 72 valence electrons. The van der Waals surface area contributed by atoms with Gasteiger partial charge in [0, 0.05) is 5.92 Å². The Morgan fingerprint density at radius 2 is 2.31 bits per heavy atom. The maximum Gasteiger partial charge on any atom is 0.127 e. The van der Waals surface area contributed by atoms with Crippen molar-refractivity contribution in [2.24, 2.45) is 11.3 Å². The first kappa shape index (κ1) is 10.2. The van der Waals surface area contributed by atoms with Crippen LogP contribution in [0.2, 0.25) is 0 Å². The predicted octanol–water partition coefficient (Wildman–Crippen LogP) is 3.12. The lowest BCUT2D eigenvalue weighted by atomic mass is 9.73. The van der Waals surface area contributed by atoms with Crippen LogP contribution in [0.4, 0.5) is 0 Å². The van der Waals surface area contributed by atoms with Crippen LogP contribution in [0.1, 0.15) is 33.6 Å². The van der Waals surface area contributed by atoms with Crippen molar-refractivity contribution in [3.8, 4) is 0 Å². The lowest BCUT2D eigenvalue weighted by Crippen LogP contribution is -2.21.